The molecule has 1 atom stereocenters. The summed E-state index contributed by atoms with van der Waals surface area (Å²) in [7, 11) is 1.63. The van der Waals surface area contributed by atoms with Crippen LogP contribution in [-0.4, -0.2) is 41.5 Å². The van der Waals surface area contributed by atoms with Crippen LogP contribution in [0.25, 0.3) is 0 Å². The van der Waals surface area contributed by atoms with Gasteiger partial charge in [0.1, 0.15) is 0 Å². The summed E-state index contributed by atoms with van der Waals surface area (Å²) in [5.41, 5.74) is 3.64. The van der Waals surface area contributed by atoms with E-state index >= 15 is 0 Å². The highest BCUT2D eigenvalue weighted by molar-refractivity contribution is 6.12. The molecule has 7 heteroatoms. The van der Waals surface area contributed by atoms with E-state index in [-0.39, 0.29) is 24.0 Å². The van der Waals surface area contributed by atoms with E-state index in [9.17, 15) is 19.5 Å². The summed E-state index contributed by atoms with van der Waals surface area (Å²) in [6.07, 6.45) is 0. The molecule has 0 aliphatic carbocycles. The molecule has 7 nitrogen and oxygen atoms in total. The van der Waals surface area contributed by atoms with Crippen molar-refractivity contribution in [1.82, 2.24) is 10.2 Å². The number of carboxylic acid groups (broad SMARTS) is 1. The molecule has 2 heterocycles. The van der Waals surface area contributed by atoms with Crippen LogP contribution in [0.1, 0.15) is 27.5 Å². The van der Waals surface area contributed by atoms with Gasteiger partial charge in [0.05, 0.1) is 29.4 Å². The molecule has 3 amide bonds. The van der Waals surface area contributed by atoms with Gasteiger partial charge in [-0.1, -0.05) is 35.9 Å². The molecule has 0 aromatic heterocycles. The zero-order chi connectivity index (χ0) is 20.0. The maximum absolute atomic E-state index is 13.3. The molecule has 0 saturated heterocycles. The number of amides is 3. The SMILES string of the molecule is Cc1ccc([C@@H]2NC(=O)N(C)C3=C2C(=O)N(c2cccc(C(=O)O)c2)C3)cc1. The fourth-order valence-corrected chi connectivity index (χ4v) is 3.59. The second-order valence-electron chi connectivity index (χ2n) is 6.96. The maximum atomic E-state index is 13.3. The van der Waals surface area contributed by atoms with Gasteiger partial charge in [0.15, 0.2) is 0 Å². The molecule has 2 aliphatic heterocycles. The van der Waals surface area contributed by atoms with Crippen LogP contribution in [0, 0.1) is 6.92 Å². The third-order valence-corrected chi connectivity index (χ3v) is 5.18. The summed E-state index contributed by atoms with van der Waals surface area (Å²) in [5.74, 6) is -1.30. The number of anilines is 1. The van der Waals surface area contributed by atoms with E-state index in [2.05, 4.69) is 5.32 Å². The molecule has 0 unspecified atom stereocenters. The van der Waals surface area contributed by atoms with Gasteiger partial charge < -0.3 is 15.3 Å². The number of carbonyl (C=O) groups is 3. The Balaban J connectivity index is 1.75. The van der Waals surface area contributed by atoms with Crippen LogP contribution < -0.4 is 10.2 Å². The number of nitrogens with one attached hydrogen (secondary N) is 1. The normalized spacial score (nSPS) is 19.0. The lowest BCUT2D eigenvalue weighted by atomic mass is 9.95. The predicted molar refractivity (Wildman–Crippen MR) is 103 cm³/mol. The van der Waals surface area contributed by atoms with Crippen LogP contribution >= 0.6 is 0 Å². The van der Waals surface area contributed by atoms with E-state index in [0.29, 0.717) is 17.0 Å². The van der Waals surface area contributed by atoms with Crippen LogP contribution in [0.3, 0.4) is 0 Å². The molecule has 2 N–H and O–H groups in total. The van der Waals surface area contributed by atoms with Crippen LogP contribution in [0.5, 0.6) is 0 Å². The topological polar surface area (TPSA) is 90.0 Å². The standard InChI is InChI=1S/C21H19N3O4/c1-12-6-8-13(9-7-12)18-17-16(23(2)21(28)22-18)11-24(19(17)25)15-5-3-4-14(10-15)20(26)27/h3-10,18H,11H2,1-2H3,(H,22,28)(H,26,27)/t18-/m0/s1. The fraction of sp³-hybridized carbons (Fsp3) is 0.190. The molecule has 0 bridgehead atoms. The first kappa shape index (κ1) is 17.8. The van der Waals surface area contributed by atoms with E-state index in [1.165, 1.54) is 21.9 Å². The lowest BCUT2D eigenvalue weighted by Crippen LogP contribution is -2.45. The van der Waals surface area contributed by atoms with Gasteiger partial charge in [-0.05, 0) is 30.7 Å². The number of aryl methyl sites for hydroxylation is 1. The third-order valence-electron chi connectivity index (χ3n) is 5.18. The number of nitrogens with zero attached hydrogens (tertiary/aromatic N) is 2. The summed E-state index contributed by atoms with van der Waals surface area (Å²) in [6, 6.07) is 13.1. The van der Waals surface area contributed by atoms with Gasteiger partial charge in [0.25, 0.3) is 5.91 Å². The lowest BCUT2D eigenvalue weighted by molar-refractivity contribution is -0.114. The maximum Gasteiger partial charge on any atom is 0.335 e. The molecule has 2 aromatic rings. The van der Waals surface area contributed by atoms with Crippen molar-refractivity contribution < 1.29 is 19.5 Å². The summed E-state index contributed by atoms with van der Waals surface area (Å²) in [6.45, 7) is 2.18. The quantitative estimate of drug-likeness (QED) is 0.861. The Morgan fingerprint density at radius 2 is 1.86 bits per heavy atom. The van der Waals surface area contributed by atoms with Crippen molar-refractivity contribution in [3.63, 3.8) is 0 Å². The Hall–Kier alpha value is -3.61. The summed E-state index contributed by atoms with van der Waals surface area (Å²) < 4.78 is 0. The number of rotatable bonds is 3. The van der Waals surface area contributed by atoms with Crippen molar-refractivity contribution in [2.24, 2.45) is 0 Å². The predicted octanol–water partition coefficient (Wildman–Crippen LogP) is 2.69. The number of benzene rings is 2. The van der Waals surface area contributed by atoms with Crippen LogP contribution in [0.2, 0.25) is 0 Å². The number of carboxylic acids is 1. The number of hydrogen-bond donors (Lipinski definition) is 2. The second-order valence-corrected chi connectivity index (χ2v) is 6.96. The van der Waals surface area contributed by atoms with E-state index < -0.39 is 12.0 Å². The zero-order valence-corrected chi connectivity index (χ0v) is 15.5. The molecular weight excluding hydrogens is 358 g/mol. The monoisotopic (exact) mass is 377 g/mol. The van der Waals surface area contributed by atoms with Crippen LogP contribution in [-0.2, 0) is 4.79 Å². The van der Waals surface area contributed by atoms with E-state index in [1.807, 2.05) is 31.2 Å². The van der Waals surface area contributed by atoms with E-state index in [0.717, 1.165) is 11.1 Å². The molecule has 28 heavy (non-hydrogen) atoms. The van der Waals surface area contributed by atoms with Crippen molar-refractivity contribution in [1.29, 1.82) is 0 Å². The first-order valence-electron chi connectivity index (χ1n) is 8.86. The molecule has 2 aromatic carbocycles. The smallest absolute Gasteiger partial charge is 0.335 e. The van der Waals surface area contributed by atoms with Gasteiger partial charge in [0, 0.05) is 12.7 Å². The molecule has 0 spiro atoms. The number of carbonyl (C=O) groups excluding carboxylic acids is 2. The van der Waals surface area contributed by atoms with E-state index in [1.54, 1.807) is 19.2 Å². The molecule has 0 saturated carbocycles. The van der Waals surface area contributed by atoms with Gasteiger partial charge >= 0.3 is 12.0 Å². The highest BCUT2D eigenvalue weighted by atomic mass is 16.4. The average Bonchev–Trinajstić information content (AvgIpc) is 3.03. The largest absolute Gasteiger partial charge is 0.478 e. The number of likely N-dealkylation sites (N-methyl/N-ethyl adjacent to an activating group) is 1. The first-order chi connectivity index (χ1) is 13.4. The van der Waals surface area contributed by atoms with Crippen molar-refractivity contribution in [2.75, 3.05) is 18.5 Å². The Morgan fingerprint density at radius 3 is 2.54 bits per heavy atom. The number of urea groups is 1. The molecule has 0 radical (unpaired) electrons. The van der Waals surface area contributed by atoms with Gasteiger partial charge in [0.2, 0.25) is 0 Å². The molecule has 4 rings (SSSR count). The van der Waals surface area contributed by atoms with Crippen LogP contribution in [0.4, 0.5) is 10.5 Å². The third kappa shape index (κ3) is 2.81. The second kappa shape index (κ2) is 6.53. The summed E-state index contributed by atoms with van der Waals surface area (Å²) in [4.78, 5) is 40.0. The fourth-order valence-electron chi connectivity index (χ4n) is 3.59. The van der Waals surface area contributed by atoms with Crippen molar-refractivity contribution in [3.8, 4) is 0 Å². The molecular formula is C21H19N3O4. The Labute approximate surface area is 161 Å². The highest BCUT2D eigenvalue weighted by Gasteiger charge is 2.43. The van der Waals surface area contributed by atoms with Crippen LogP contribution in [0.15, 0.2) is 59.8 Å². The van der Waals surface area contributed by atoms with E-state index in [4.69, 9.17) is 0 Å². The minimum Gasteiger partial charge on any atom is -0.478 e. The molecule has 0 fully saturated rings. The minimum atomic E-state index is -1.06. The Kier molecular flexibility index (Phi) is 4.15. The average molecular weight is 377 g/mol. The zero-order valence-electron chi connectivity index (χ0n) is 15.5. The van der Waals surface area contributed by atoms with Gasteiger partial charge in [-0.15, -0.1) is 0 Å². The van der Waals surface area contributed by atoms with Gasteiger partial charge in [-0.3, -0.25) is 9.69 Å². The minimum absolute atomic E-state index is 0.104. The number of aromatic carboxylic acids is 1. The summed E-state index contributed by atoms with van der Waals surface area (Å²) >= 11 is 0. The Bertz CT molecular complexity index is 1030. The number of hydrogen-bond acceptors (Lipinski definition) is 3. The Morgan fingerprint density at radius 1 is 1.14 bits per heavy atom. The highest BCUT2D eigenvalue weighted by Crippen LogP contribution is 2.37. The van der Waals surface area contributed by atoms with Crippen molar-refractivity contribution in [2.45, 2.75) is 13.0 Å². The molecule has 142 valence electrons. The molecule has 2 aliphatic rings. The van der Waals surface area contributed by atoms with Crippen molar-refractivity contribution in [3.05, 3.63) is 76.5 Å². The van der Waals surface area contributed by atoms with Gasteiger partial charge in [-0.25, -0.2) is 9.59 Å². The lowest BCUT2D eigenvalue weighted by Gasteiger charge is -2.31. The van der Waals surface area contributed by atoms with Crippen molar-refractivity contribution >= 4 is 23.6 Å². The van der Waals surface area contributed by atoms with Gasteiger partial charge in [-0.2, -0.15) is 0 Å². The summed E-state index contributed by atoms with van der Waals surface area (Å²) in [5, 5.41) is 12.1. The first-order valence-corrected chi connectivity index (χ1v) is 8.86.